The summed E-state index contributed by atoms with van der Waals surface area (Å²) in [5, 5.41) is 11.9. The molecule has 0 unspecified atom stereocenters. The number of anilines is 1. The average Bonchev–Trinajstić information content (AvgIpc) is 2.92. The van der Waals surface area contributed by atoms with E-state index in [1.54, 1.807) is 43.5 Å². The number of amides is 3. The summed E-state index contributed by atoms with van der Waals surface area (Å²) >= 11 is 6.16. The minimum absolute atomic E-state index is 0.0181. The van der Waals surface area contributed by atoms with Crippen LogP contribution in [0.3, 0.4) is 0 Å². The van der Waals surface area contributed by atoms with E-state index in [0.29, 0.717) is 33.1 Å². The Morgan fingerprint density at radius 1 is 1.12 bits per heavy atom. The molecule has 2 aliphatic rings. The summed E-state index contributed by atoms with van der Waals surface area (Å²) in [5.74, 6) is -1.79. The molecule has 0 aromatic heterocycles. The number of hydrogen-bond acceptors (Lipinski definition) is 6. The predicted molar refractivity (Wildman–Crippen MR) is 122 cm³/mol. The molecule has 178 valence electrons. The third-order valence-corrected chi connectivity index (χ3v) is 5.96. The lowest BCUT2D eigenvalue weighted by Gasteiger charge is -2.39. The van der Waals surface area contributed by atoms with Gasteiger partial charge in [-0.3, -0.25) is 14.4 Å². The number of nitrogens with one attached hydrogen (secondary N) is 1. The fourth-order valence-electron chi connectivity index (χ4n) is 4.07. The number of carboxylic acids is 1. The first-order chi connectivity index (χ1) is 16.3. The summed E-state index contributed by atoms with van der Waals surface area (Å²) in [5.41, 5.74) is 2.09. The largest absolute Gasteiger partial charge is 0.496 e. The van der Waals surface area contributed by atoms with Crippen LogP contribution in [0.25, 0.3) is 11.1 Å². The molecule has 2 aromatic rings. The zero-order valence-electron chi connectivity index (χ0n) is 18.2. The molecule has 2 N–H and O–H groups in total. The van der Waals surface area contributed by atoms with Gasteiger partial charge in [-0.25, -0.2) is 4.79 Å². The van der Waals surface area contributed by atoms with E-state index in [-0.39, 0.29) is 25.5 Å². The first kappa shape index (κ1) is 23.5. The third-order valence-electron chi connectivity index (χ3n) is 5.73. The number of hydrogen-bond donors (Lipinski definition) is 2. The Hall–Kier alpha value is -3.63. The van der Waals surface area contributed by atoms with E-state index < -0.39 is 37.0 Å². The number of halogens is 1. The molecule has 4 rings (SSSR count). The second kappa shape index (κ2) is 9.70. The molecule has 2 aromatic carbocycles. The lowest BCUT2D eigenvalue weighted by atomic mass is 10.00. The van der Waals surface area contributed by atoms with Crippen LogP contribution in [0.15, 0.2) is 36.4 Å². The van der Waals surface area contributed by atoms with Gasteiger partial charge in [0.2, 0.25) is 11.8 Å². The van der Waals surface area contributed by atoms with Crippen LogP contribution in [-0.4, -0.2) is 84.6 Å². The summed E-state index contributed by atoms with van der Waals surface area (Å²) in [6.45, 7) is -0.688. The number of piperazine rings is 1. The van der Waals surface area contributed by atoms with Crippen LogP contribution in [0.2, 0.25) is 5.02 Å². The van der Waals surface area contributed by atoms with Gasteiger partial charge in [-0.05, 0) is 35.9 Å². The van der Waals surface area contributed by atoms with E-state index in [1.165, 1.54) is 9.80 Å². The monoisotopic (exact) mass is 487 g/mol. The first-order valence-electron chi connectivity index (χ1n) is 10.5. The van der Waals surface area contributed by atoms with Crippen molar-refractivity contribution < 1.29 is 33.8 Å². The lowest BCUT2D eigenvalue weighted by molar-refractivity contribution is -0.147. The van der Waals surface area contributed by atoms with Crippen LogP contribution in [-0.2, 0) is 19.1 Å². The van der Waals surface area contributed by atoms with Crippen molar-refractivity contribution in [2.45, 2.75) is 6.04 Å². The summed E-state index contributed by atoms with van der Waals surface area (Å²) < 4.78 is 10.3. The van der Waals surface area contributed by atoms with E-state index in [1.807, 2.05) is 0 Å². The number of benzene rings is 2. The summed E-state index contributed by atoms with van der Waals surface area (Å²) in [7, 11) is 1.54. The van der Waals surface area contributed by atoms with Crippen molar-refractivity contribution in [3.05, 3.63) is 47.0 Å². The van der Waals surface area contributed by atoms with Gasteiger partial charge in [0.25, 0.3) is 5.91 Å². The number of rotatable bonds is 6. The third kappa shape index (κ3) is 4.68. The minimum Gasteiger partial charge on any atom is -0.496 e. The molecule has 1 fully saturated rings. The zero-order chi connectivity index (χ0) is 24.4. The molecular formula is C23H22ClN3O7. The van der Waals surface area contributed by atoms with Crippen molar-refractivity contribution in [3.8, 4) is 16.9 Å². The van der Waals surface area contributed by atoms with Crippen LogP contribution in [0, 0.1) is 0 Å². The maximum absolute atomic E-state index is 13.4. The molecule has 34 heavy (non-hydrogen) atoms. The van der Waals surface area contributed by atoms with Gasteiger partial charge in [0.05, 0.1) is 24.9 Å². The van der Waals surface area contributed by atoms with Crippen LogP contribution in [0.1, 0.15) is 10.4 Å². The van der Waals surface area contributed by atoms with Crippen LogP contribution < -0.4 is 10.1 Å². The Morgan fingerprint density at radius 3 is 2.65 bits per heavy atom. The number of methoxy groups -OCH3 is 1. The van der Waals surface area contributed by atoms with Gasteiger partial charge in [0, 0.05) is 23.7 Å². The van der Waals surface area contributed by atoms with Crippen LogP contribution >= 0.6 is 11.6 Å². The second-order valence-electron chi connectivity index (χ2n) is 7.83. The minimum atomic E-state index is -1.18. The maximum Gasteiger partial charge on any atom is 0.329 e. The molecule has 11 heteroatoms. The molecule has 2 heterocycles. The number of nitrogens with zero attached hydrogens (tertiary/aromatic N) is 2. The quantitative estimate of drug-likeness (QED) is 0.635. The van der Waals surface area contributed by atoms with E-state index >= 15 is 0 Å². The predicted octanol–water partition coefficient (Wildman–Crippen LogP) is 1.72. The van der Waals surface area contributed by atoms with E-state index in [4.69, 9.17) is 26.2 Å². The molecule has 0 aliphatic carbocycles. The summed E-state index contributed by atoms with van der Waals surface area (Å²) in [6.07, 6.45) is 0. The molecule has 1 saturated heterocycles. The molecule has 1 atom stereocenters. The molecule has 0 radical (unpaired) electrons. The molecular weight excluding hydrogens is 466 g/mol. The number of aliphatic carboxylic acids is 1. The Balaban J connectivity index is 1.58. The van der Waals surface area contributed by atoms with Crippen molar-refractivity contribution in [1.82, 2.24) is 9.80 Å². The first-order valence-corrected chi connectivity index (χ1v) is 10.8. The number of carbonyl (C=O) groups excluding carboxylic acids is 3. The van der Waals surface area contributed by atoms with E-state index in [9.17, 15) is 19.2 Å². The average molecular weight is 488 g/mol. The highest BCUT2D eigenvalue weighted by Gasteiger charge is 2.40. The second-order valence-corrected chi connectivity index (χ2v) is 8.27. The van der Waals surface area contributed by atoms with Crippen molar-refractivity contribution >= 4 is 41.0 Å². The van der Waals surface area contributed by atoms with Crippen LogP contribution in [0.5, 0.6) is 5.75 Å². The van der Waals surface area contributed by atoms with Crippen molar-refractivity contribution in [2.75, 3.05) is 45.3 Å². The van der Waals surface area contributed by atoms with E-state index in [0.717, 1.165) is 0 Å². The zero-order valence-corrected chi connectivity index (χ0v) is 19.0. The Labute approximate surface area is 200 Å². The highest BCUT2D eigenvalue weighted by atomic mass is 35.5. The molecule has 0 spiro atoms. The molecule has 2 aliphatic heterocycles. The maximum atomic E-state index is 13.4. The SMILES string of the molecule is COc1ccc(Cl)cc1-c1ccc2c(c1)C(=O)N1CCN(C(=O)COCC(=O)O)C[C@H]1C(=O)N2. The lowest BCUT2D eigenvalue weighted by Crippen LogP contribution is -2.60. The molecule has 3 amide bonds. The summed E-state index contributed by atoms with van der Waals surface area (Å²) in [4.78, 5) is 52.2. The number of ether oxygens (including phenoxy) is 2. The van der Waals surface area contributed by atoms with Gasteiger partial charge in [-0.1, -0.05) is 17.7 Å². The van der Waals surface area contributed by atoms with Gasteiger partial charge in [0.1, 0.15) is 25.0 Å². The normalized spacial score (nSPS) is 17.4. The summed E-state index contributed by atoms with van der Waals surface area (Å²) in [6, 6.07) is 9.40. The molecule has 0 saturated carbocycles. The Morgan fingerprint density at radius 2 is 1.91 bits per heavy atom. The van der Waals surface area contributed by atoms with Gasteiger partial charge in [0.15, 0.2) is 0 Å². The Kier molecular flexibility index (Phi) is 6.71. The number of carboxylic acid groups (broad SMARTS) is 1. The fourth-order valence-corrected chi connectivity index (χ4v) is 4.24. The van der Waals surface area contributed by atoms with E-state index in [2.05, 4.69) is 5.32 Å². The highest BCUT2D eigenvalue weighted by Crippen LogP contribution is 2.36. The van der Waals surface area contributed by atoms with Crippen molar-refractivity contribution in [3.63, 3.8) is 0 Å². The van der Waals surface area contributed by atoms with Crippen molar-refractivity contribution in [1.29, 1.82) is 0 Å². The number of fused-ring (bicyclic) bond motifs is 2. The molecule has 10 nitrogen and oxygen atoms in total. The topological polar surface area (TPSA) is 125 Å². The smallest absolute Gasteiger partial charge is 0.329 e. The number of carbonyl (C=O) groups is 4. The fraction of sp³-hybridized carbons (Fsp3) is 0.304. The van der Waals surface area contributed by atoms with Gasteiger partial charge in [-0.2, -0.15) is 0 Å². The van der Waals surface area contributed by atoms with Crippen LogP contribution in [0.4, 0.5) is 5.69 Å². The van der Waals surface area contributed by atoms with Gasteiger partial charge >= 0.3 is 5.97 Å². The Bertz CT molecular complexity index is 1170. The highest BCUT2D eigenvalue weighted by molar-refractivity contribution is 6.31. The van der Waals surface area contributed by atoms with Crippen molar-refractivity contribution in [2.24, 2.45) is 0 Å². The van der Waals surface area contributed by atoms with Gasteiger partial charge < -0.3 is 29.7 Å². The standard InChI is InChI=1S/C23H22ClN3O7/c1-33-19-5-3-14(24)9-15(19)13-2-4-17-16(8-13)23(32)27-7-6-26(10-18(27)22(31)25-17)20(28)11-34-12-21(29)30/h2-5,8-9,18H,6-7,10-12H2,1H3,(H,25,31)(H,29,30)/t18-/m0/s1. The molecule has 0 bridgehead atoms. The van der Waals surface area contributed by atoms with Gasteiger partial charge in [-0.15, -0.1) is 0 Å².